The Hall–Kier alpha value is -0.860. The molecule has 3 heteroatoms. The molecular formula is C8H16N2O. The third-order valence-electron chi connectivity index (χ3n) is 1.07. The molecule has 0 aromatic carbocycles. The second-order valence-electron chi connectivity index (χ2n) is 3.62. The first-order valence-corrected chi connectivity index (χ1v) is 3.65. The maximum absolute atomic E-state index is 10.7. The first-order chi connectivity index (χ1) is 4.83. The molecule has 0 radical (unpaired) electrons. The molecule has 0 bridgehead atoms. The van der Waals surface area contributed by atoms with E-state index in [1.165, 1.54) is 6.92 Å². The van der Waals surface area contributed by atoms with Gasteiger partial charge >= 0.3 is 0 Å². The number of nitrogens with one attached hydrogen (secondary N) is 1. The van der Waals surface area contributed by atoms with Crippen molar-refractivity contribution in [1.82, 2.24) is 5.43 Å². The molecule has 0 spiro atoms. The van der Waals surface area contributed by atoms with Crippen LogP contribution in [0, 0.1) is 0 Å². The van der Waals surface area contributed by atoms with Gasteiger partial charge in [-0.15, -0.1) is 0 Å². The maximum Gasteiger partial charge on any atom is 0.175 e. The van der Waals surface area contributed by atoms with Gasteiger partial charge in [0, 0.05) is 12.5 Å². The lowest BCUT2D eigenvalue weighted by Gasteiger charge is -2.17. The highest BCUT2D eigenvalue weighted by atomic mass is 16.1. The van der Waals surface area contributed by atoms with Gasteiger partial charge in [-0.1, -0.05) is 0 Å². The van der Waals surface area contributed by atoms with Crippen molar-refractivity contribution in [3.63, 3.8) is 0 Å². The lowest BCUT2D eigenvalue weighted by molar-refractivity contribution is -0.111. The standard InChI is InChI=1S/C8H16N2O/c1-6(7(2)11)9-10-8(3,4)5/h10H,1-5H3. The number of hydrogen-bond donors (Lipinski definition) is 1. The first-order valence-electron chi connectivity index (χ1n) is 3.65. The molecule has 11 heavy (non-hydrogen) atoms. The Bertz CT molecular complexity index is 177. The minimum absolute atomic E-state index is 0.00162. The summed E-state index contributed by atoms with van der Waals surface area (Å²) in [4.78, 5) is 10.7. The van der Waals surface area contributed by atoms with Gasteiger partial charge in [0.05, 0.1) is 5.71 Å². The zero-order chi connectivity index (χ0) is 9.07. The van der Waals surface area contributed by atoms with Crippen molar-refractivity contribution in [1.29, 1.82) is 0 Å². The summed E-state index contributed by atoms with van der Waals surface area (Å²) in [5.74, 6) is 0.00162. The van der Waals surface area contributed by atoms with Gasteiger partial charge < -0.3 is 5.43 Å². The highest BCUT2D eigenvalue weighted by Crippen LogP contribution is 1.97. The molecule has 0 aliphatic heterocycles. The van der Waals surface area contributed by atoms with E-state index in [9.17, 15) is 4.79 Å². The van der Waals surface area contributed by atoms with E-state index in [0.717, 1.165) is 0 Å². The van der Waals surface area contributed by atoms with E-state index in [1.54, 1.807) is 6.92 Å². The molecule has 0 saturated heterocycles. The summed E-state index contributed by atoms with van der Waals surface area (Å²) in [7, 11) is 0. The maximum atomic E-state index is 10.7. The van der Waals surface area contributed by atoms with Crippen molar-refractivity contribution in [2.75, 3.05) is 0 Å². The smallest absolute Gasteiger partial charge is 0.175 e. The molecule has 0 aromatic rings. The number of rotatable bonds is 2. The third-order valence-corrected chi connectivity index (χ3v) is 1.07. The number of ketones is 1. The molecule has 0 saturated carbocycles. The van der Waals surface area contributed by atoms with Crippen LogP contribution >= 0.6 is 0 Å². The van der Waals surface area contributed by atoms with Gasteiger partial charge in [-0.05, 0) is 27.7 Å². The van der Waals surface area contributed by atoms with Gasteiger partial charge in [-0.3, -0.25) is 4.79 Å². The van der Waals surface area contributed by atoms with Crippen LogP contribution in [0.3, 0.4) is 0 Å². The van der Waals surface area contributed by atoms with Gasteiger partial charge in [0.2, 0.25) is 0 Å². The minimum atomic E-state index is -0.0727. The molecule has 3 nitrogen and oxygen atoms in total. The fourth-order valence-electron chi connectivity index (χ4n) is 0.330. The van der Waals surface area contributed by atoms with E-state index in [0.29, 0.717) is 5.71 Å². The van der Waals surface area contributed by atoms with E-state index in [1.807, 2.05) is 20.8 Å². The van der Waals surface area contributed by atoms with Gasteiger partial charge in [0.1, 0.15) is 0 Å². The van der Waals surface area contributed by atoms with Crippen molar-refractivity contribution in [2.24, 2.45) is 5.10 Å². The topological polar surface area (TPSA) is 41.5 Å². The molecule has 0 unspecified atom stereocenters. The molecule has 0 amide bonds. The monoisotopic (exact) mass is 156 g/mol. The molecule has 0 rings (SSSR count). The van der Waals surface area contributed by atoms with Crippen LogP contribution in [0.1, 0.15) is 34.6 Å². The van der Waals surface area contributed by atoms with Crippen LogP contribution in [0.25, 0.3) is 0 Å². The van der Waals surface area contributed by atoms with Crippen LogP contribution < -0.4 is 5.43 Å². The zero-order valence-corrected chi connectivity index (χ0v) is 7.86. The van der Waals surface area contributed by atoms with Crippen molar-refractivity contribution >= 4 is 11.5 Å². The first kappa shape index (κ1) is 10.1. The Labute approximate surface area is 67.9 Å². The van der Waals surface area contributed by atoms with E-state index in [-0.39, 0.29) is 11.3 Å². The fourth-order valence-corrected chi connectivity index (χ4v) is 0.330. The molecule has 0 aromatic heterocycles. The Morgan fingerprint density at radius 1 is 1.27 bits per heavy atom. The van der Waals surface area contributed by atoms with Crippen LogP contribution in [0.4, 0.5) is 0 Å². The quantitative estimate of drug-likeness (QED) is 0.484. The van der Waals surface area contributed by atoms with Crippen LogP contribution in [0.2, 0.25) is 0 Å². The largest absolute Gasteiger partial charge is 0.304 e. The Kier molecular flexibility index (Phi) is 3.23. The normalized spacial score (nSPS) is 13.0. The highest BCUT2D eigenvalue weighted by Gasteiger charge is 2.07. The van der Waals surface area contributed by atoms with Gasteiger partial charge in [0.25, 0.3) is 0 Å². The van der Waals surface area contributed by atoms with E-state index in [4.69, 9.17) is 0 Å². The molecular weight excluding hydrogens is 140 g/mol. The lowest BCUT2D eigenvalue weighted by Crippen LogP contribution is -2.32. The van der Waals surface area contributed by atoms with Crippen LogP contribution in [0.5, 0.6) is 0 Å². The Morgan fingerprint density at radius 2 is 1.73 bits per heavy atom. The molecule has 64 valence electrons. The molecule has 0 atom stereocenters. The molecule has 0 fully saturated rings. The van der Waals surface area contributed by atoms with Gasteiger partial charge in [-0.2, -0.15) is 5.10 Å². The molecule has 1 N–H and O–H groups in total. The van der Waals surface area contributed by atoms with Crippen molar-refractivity contribution in [3.05, 3.63) is 0 Å². The van der Waals surface area contributed by atoms with Crippen molar-refractivity contribution in [3.8, 4) is 0 Å². The summed E-state index contributed by atoms with van der Waals surface area (Å²) >= 11 is 0. The van der Waals surface area contributed by atoms with E-state index < -0.39 is 0 Å². The summed E-state index contributed by atoms with van der Waals surface area (Å²) in [6.07, 6.45) is 0. The van der Waals surface area contributed by atoms with Gasteiger partial charge in [0.15, 0.2) is 5.78 Å². The van der Waals surface area contributed by atoms with Crippen molar-refractivity contribution in [2.45, 2.75) is 40.2 Å². The molecule has 0 aliphatic rings. The number of nitrogens with zero attached hydrogens (tertiary/aromatic N) is 1. The SMILES string of the molecule is CC(=O)C(C)=NNC(C)(C)C. The Balaban J connectivity index is 4.04. The minimum Gasteiger partial charge on any atom is -0.304 e. The highest BCUT2D eigenvalue weighted by molar-refractivity contribution is 6.37. The zero-order valence-electron chi connectivity index (χ0n) is 7.86. The lowest BCUT2D eigenvalue weighted by atomic mass is 10.1. The van der Waals surface area contributed by atoms with Crippen molar-refractivity contribution < 1.29 is 4.79 Å². The Morgan fingerprint density at radius 3 is 2.00 bits per heavy atom. The number of hydrogen-bond acceptors (Lipinski definition) is 3. The number of carbonyl (C=O) groups excluding carboxylic acids is 1. The van der Waals surface area contributed by atoms with Crippen LogP contribution in [0.15, 0.2) is 5.10 Å². The van der Waals surface area contributed by atoms with E-state index >= 15 is 0 Å². The summed E-state index contributed by atoms with van der Waals surface area (Å²) in [6.45, 7) is 9.17. The van der Waals surface area contributed by atoms with Gasteiger partial charge in [-0.25, -0.2) is 0 Å². The molecule has 0 heterocycles. The predicted molar refractivity (Wildman–Crippen MR) is 46.7 cm³/mol. The summed E-state index contributed by atoms with van der Waals surface area (Å²) in [5, 5.41) is 3.91. The fraction of sp³-hybridized carbons (Fsp3) is 0.750. The summed E-state index contributed by atoms with van der Waals surface area (Å²) < 4.78 is 0. The number of Topliss-reactive ketones (excluding diaryl/α,β-unsaturated/α-hetero) is 1. The average Bonchev–Trinajstić information content (AvgIpc) is 1.80. The van der Waals surface area contributed by atoms with E-state index in [2.05, 4.69) is 10.5 Å². The second-order valence-corrected chi connectivity index (χ2v) is 3.62. The number of hydrazone groups is 1. The molecule has 0 aliphatic carbocycles. The summed E-state index contributed by atoms with van der Waals surface area (Å²) in [6, 6.07) is 0. The predicted octanol–water partition coefficient (Wildman–Crippen LogP) is 1.34. The number of carbonyl (C=O) groups is 1. The summed E-state index contributed by atoms with van der Waals surface area (Å²) in [5.41, 5.74) is 3.31. The average molecular weight is 156 g/mol. The third kappa shape index (κ3) is 5.58. The van der Waals surface area contributed by atoms with Crippen LogP contribution in [-0.2, 0) is 4.79 Å². The van der Waals surface area contributed by atoms with Crippen LogP contribution in [-0.4, -0.2) is 17.0 Å². The second kappa shape index (κ2) is 3.51.